The van der Waals surface area contributed by atoms with Gasteiger partial charge in [0.2, 0.25) is 5.88 Å². The lowest BCUT2D eigenvalue weighted by Crippen LogP contribution is -2.34. The standard InChI is InChI=1S/C12H19N3O3/c1-5-12(3,11(16)17)7-13-9-6-10(18-4)15-8(2)14-9/h6H,5,7H2,1-4H3,(H,16,17)(H,13,14,15). The van der Waals surface area contributed by atoms with Crippen molar-refractivity contribution in [3.8, 4) is 5.88 Å². The smallest absolute Gasteiger partial charge is 0.311 e. The summed E-state index contributed by atoms with van der Waals surface area (Å²) in [7, 11) is 1.53. The number of nitrogens with zero attached hydrogens (tertiary/aromatic N) is 2. The van der Waals surface area contributed by atoms with Crippen molar-refractivity contribution in [2.75, 3.05) is 19.0 Å². The van der Waals surface area contributed by atoms with E-state index in [2.05, 4.69) is 15.3 Å². The van der Waals surface area contributed by atoms with Crippen LogP contribution in [0, 0.1) is 12.3 Å². The third kappa shape index (κ3) is 3.32. The summed E-state index contributed by atoms with van der Waals surface area (Å²) in [6.07, 6.45) is 0.538. The fourth-order valence-electron chi connectivity index (χ4n) is 1.37. The number of aliphatic carboxylic acids is 1. The molecule has 18 heavy (non-hydrogen) atoms. The third-order valence-corrected chi connectivity index (χ3v) is 2.98. The van der Waals surface area contributed by atoms with Crippen molar-refractivity contribution < 1.29 is 14.6 Å². The van der Waals surface area contributed by atoms with Gasteiger partial charge in [0.15, 0.2) is 0 Å². The Labute approximate surface area is 106 Å². The van der Waals surface area contributed by atoms with E-state index in [1.54, 1.807) is 19.9 Å². The van der Waals surface area contributed by atoms with Crippen LogP contribution in [0.5, 0.6) is 5.88 Å². The summed E-state index contributed by atoms with van der Waals surface area (Å²) in [6.45, 7) is 5.61. The topological polar surface area (TPSA) is 84.3 Å². The minimum absolute atomic E-state index is 0.304. The number of rotatable bonds is 6. The molecule has 0 aromatic carbocycles. The van der Waals surface area contributed by atoms with Crippen molar-refractivity contribution in [2.45, 2.75) is 27.2 Å². The molecular formula is C12H19N3O3. The van der Waals surface area contributed by atoms with E-state index in [-0.39, 0.29) is 0 Å². The van der Waals surface area contributed by atoms with Crippen LogP contribution in [-0.2, 0) is 4.79 Å². The maximum atomic E-state index is 11.2. The molecule has 1 aromatic rings. The van der Waals surface area contributed by atoms with Crippen LogP contribution in [0.1, 0.15) is 26.1 Å². The van der Waals surface area contributed by atoms with Crippen LogP contribution in [0.4, 0.5) is 5.82 Å². The van der Waals surface area contributed by atoms with E-state index in [9.17, 15) is 4.79 Å². The monoisotopic (exact) mass is 253 g/mol. The van der Waals surface area contributed by atoms with Crippen molar-refractivity contribution in [1.29, 1.82) is 0 Å². The largest absolute Gasteiger partial charge is 0.481 e. The van der Waals surface area contributed by atoms with E-state index in [1.165, 1.54) is 7.11 Å². The molecule has 1 unspecified atom stereocenters. The average Bonchev–Trinajstić information content (AvgIpc) is 2.35. The zero-order chi connectivity index (χ0) is 13.8. The number of carboxylic acids is 1. The Bertz CT molecular complexity index is 437. The molecule has 6 nitrogen and oxygen atoms in total. The minimum atomic E-state index is -0.824. The highest BCUT2D eigenvalue weighted by Gasteiger charge is 2.30. The molecule has 2 N–H and O–H groups in total. The van der Waals surface area contributed by atoms with Crippen molar-refractivity contribution >= 4 is 11.8 Å². The molecule has 0 bridgehead atoms. The van der Waals surface area contributed by atoms with Crippen LogP contribution >= 0.6 is 0 Å². The molecule has 1 atom stereocenters. The number of methoxy groups -OCH3 is 1. The zero-order valence-corrected chi connectivity index (χ0v) is 11.1. The predicted molar refractivity (Wildman–Crippen MR) is 67.8 cm³/mol. The fourth-order valence-corrected chi connectivity index (χ4v) is 1.37. The van der Waals surface area contributed by atoms with Crippen LogP contribution in [0.3, 0.4) is 0 Å². The van der Waals surface area contributed by atoms with Gasteiger partial charge in [-0.25, -0.2) is 4.98 Å². The Morgan fingerprint density at radius 2 is 2.22 bits per heavy atom. The first kappa shape index (κ1) is 14.2. The fraction of sp³-hybridized carbons (Fsp3) is 0.583. The molecule has 0 radical (unpaired) electrons. The number of nitrogens with one attached hydrogen (secondary N) is 1. The summed E-state index contributed by atoms with van der Waals surface area (Å²) in [6, 6.07) is 1.64. The Hall–Kier alpha value is -1.85. The van der Waals surface area contributed by atoms with E-state index >= 15 is 0 Å². The molecule has 1 rings (SSSR count). The SMILES string of the molecule is CCC(C)(CNc1cc(OC)nc(C)n1)C(=O)O. The molecule has 0 saturated carbocycles. The lowest BCUT2D eigenvalue weighted by molar-refractivity contribution is -0.147. The van der Waals surface area contributed by atoms with Gasteiger partial charge in [-0.2, -0.15) is 4.98 Å². The molecular weight excluding hydrogens is 234 g/mol. The second kappa shape index (κ2) is 5.66. The number of carboxylic acid groups (broad SMARTS) is 1. The third-order valence-electron chi connectivity index (χ3n) is 2.98. The number of aromatic nitrogens is 2. The number of anilines is 1. The summed E-state index contributed by atoms with van der Waals surface area (Å²) >= 11 is 0. The van der Waals surface area contributed by atoms with E-state index in [0.29, 0.717) is 30.5 Å². The van der Waals surface area contributed by atoms with Crippen LogP contribution < -0.4 is 10.1 Å². The van der Waals surface area contributed by atoms with Gasteiger partial charge in [0.1, 0.15) is 11.6 Å². The van der Waals surface area contributed by atoms with Gasteiger partial charge in [-0.1, -0.05) is 6.92 Å². The van der Waals surface area contributed by atoms with Gasteiger partial charge < -0.3 is 15.2 Å². The molecule has 0 spiro atoms. The molecule has 0 fully saturated rings. The molecule has 1 heterocycles. The zero-order valence-electron chi connectivity index (χ0n) is 11.1. The normalized spacial score (nSPS) is 13.8. The summed E-state index contributed by atoms with van der Waals surface area (Å²) < 4.78 is 5.03. The summed E-state index contributed by atoms with van der Waals surface area (Å²) in [5, 5.41) is 12.2. The van der Waals surface area contributed by atoms with Gasteiger partial charge in [0.25, 0.3) is 0 Å². The van der Waals surface area contributed by atoms with Crippen LogP contribution in [0.2, 0.25) is 0 Å². The lowest BCUT2D eigenvalue weighted by atomic mass is 9.88. The van der Waals surface area contributed by atoms with Gasteiger partial charge in [-0.15, -0.1) is 0 Å². The van der Waals surface area contributed by atoms with Crippen LogP contribution in [-0.4, -0.2) is 34.7 Å². The van der Waals surface area contributed by atoms with E-state index < -0.39 is 11.4 Å². The van der Waals surface area contributed by atoms with Crippen LogP contribution in [0.15, 0.2) is 6.07 Å². The number of ether oxygens (including phenoxy) is 1. The molecule has 6 heteroatoms. The molecule has 0 aliphatic heterocycles. The molecule has 0 saturated heterocycles. The van der Waals surface area contributed by atoms with Gasteiger partial charge in [-0.3, -0.25) is 4.79 Å². The summed E-state index contributed by atoms with van der Waals surface area (Å²) in [4.78, 5) is 19.4. The lowest BCUT2D eigenvalue weighted by Gasteiger charge is -2.23. The number of hydrogen-bond acceptors (Lipinski definition) is 5. The highest BCUT2D eigenvalue weighted by Crippen LogP contribution is 2.22. The highest BCUT2D eigenvalue weighted by molar-refractivity contribution is 5.74. The van der Waals surface area contributed by atoms with E-state index in [4.69, 9.17) is 9.84 Å². The maximum Gasteiger partial charge on any atom is 0.311 e. The number of carbonyl (C=O) groups is 1. The van der Waals surface area contributed by atoms with E-state index in [0.717, 1.165) is 0 Å². The minimum Gasteiger partial charge on any atom is -0.481 e. The summed E-state index contributed by atoms with van der Waals surface area (Å²) in [5.41, 5.74) is -0.813. The van der Waals surface area contributed by atoms with Gasteiger partial charge in [0.05, 0.1) is 12.5 Å². The van der Waals surface area contributed by atoms with Crippen molar-refractivity contribution in [3.05, 3.63) is 11.9 Å². The molecule has 1 aromatic heterocycles. The molecule has 0 aliphatic carbocycles. The highest BCUT2D eigenvalue weighted by atomic mass is 16.5. The summed E-state index contributed by atoms with van der Waals surface area (Å²) in [5.74, 6) is 0.777. The Morgan fingerprint density at radius 3 is 2.72 bits per heavy atom. The Balaban J connectivity index is 2.79. The first-order valence-electron chi connectivity index (χ1n) is 5.78. The maximum absolute atomic E-state index is 11.2. The Morgan fingerprint density at radius 1 is 1.56 bits per heavy atom. The van der Waals surface area contributed by atoms with Gasteiger partial charge in [-0.05, 0) is 20.3 Å². The molecule has 0 amide bonds. The number of hydrogen-bond donors (Lipinski definition) is 2. The van der Waals surface area contributed by atoms with Crippen molar-refractivity contribution in [3.63, 3.8) is 0 Å². The van der Waals surface area contributed by atoms with Gasteiger partial charge in [0, 0.05) is 12.6 Å². The Kier molecular flexibility index (Phi) is 4.47. The second-order valence-electron chi connectivity index (χ2n) is 4.42. The molecule has 100 valence electrons. The second-order valence-corrected chi connectivity index (χ2v) is 4.42. The van der Waals surface area contributed by atoms with Crippen molar-refractivity contribution in [2.24, 2.45) is 5.41 Å². The first-order valence-corrected chi connectivity index (χ1v) is 5.78. The van der Waals surface area contributed by atoms with E-state index in [1.807, 2.05) is 6.92 Å². The quantitative estimate of drug-likeness (QED) is 0.802. The first-order chi connectivity index (χ1) is 8.41. The molecule has 0 aliphatic rings. The van der Waals surface area contributed by atoms with Gasteiger partial charge >= 0.3 is 5.97 Å². The van der Waals surface area contributed by atoms with Crippen LogP contribution in [0.25, 0.3) is 0 Å². The number of aryl methyl sites for hydroxylation is 1. The van der Waals surface area contributed by atoms with Crippen molar-refractivity contribution in [1.82, 2.24) is 9.97 Å². The predicted octanol–water partition coefficient (Wildman–Crippen LogP) is 1.71. The average molecular weight is 253 g/mol.